The van der Waals surface area contributed by atoms with Crippen LogP contribution in [0.5, 0.6) is 0 Å². The van der Waals surface area contributed by atoms with Crippen molar-refractivity contribution in [3.63, 3.8) is 0 Å². The maximum absolute atomic E-state index is 10.7. The minimum atomic E-state index is -1.71. The molecule has 2 aliphatic rings. The van der Waals surface area contributed by atoms with Crippen LogP contribution in [0.15, 0.2) is 33.3 Å². The Bertz CT molecular complexity index is 709. The fraction of sp³-hybridized carbons (Fsp3) is 0. The smallest absolute Gasteiger partial charge is 0.464 e. The van der Waals surface area contributed by atoms with E-state index in [-0.39, 0.29) is 0 Å². The van der Waals surface area contributed by atoms with Crippen LogP contribution in [-0.4, -0.2) is 31.5 Å². The Hall–Kier alpha value is -4.58. The summed E-state index contributed by atoms with van der Waals surface area (Å²) in [4.78, 5) is 45.1. The van der Waals surface area contributed by atoms with Gasteiger partial charge in [0.1, 0.15) is 31.1 Å². The van der Waals surface area contributed by atoms with E-state index >= 15 is 0 Å². The Morgan fingerprint density at radius 2 is 1.08 bits per heavy atom. The molecule has 0 aliphatic carbocycles. The summed E-state index contributed by atoms with van der Waals surface area (Å²) < 4.78 is 4.69. The predicted molar refractivity (Wildman–Crippen MR) is 66.9 cm³/mol. The van der Waals surface area contributed by atoms with E-state index in [1.54, 1.807) is 0 Å². The molecule has 0 amide bonds. The average molecular weight is 360 g/mol. The summed E-state index contributed by atoms with van der Waals surface area (Å²) in [6.07, 6.45) is 0. The summed E-state index contributed by atoms with van der Waals surface area (Å²) in [6, 6.07) is 0. The van der Waals surface area contributed by atoms with Crippen molar-refractivity contribution in [1.82, 2.24) is 0 Å². The third-order valence-electron chi connectivity index (χ3n) is 2.23. The summed E-state index contributed by atoms with van der Waals surface area (Å²) in [6.45, 7) is 0. The van der Waals surface area contributed by atoms with Gasteiger partial charge in [-0.3, -0.25) is 40.5 Å². The van der Waals surface area contributed by atoms with E-state index in [9.17, 15) is 40.5 Å². The molecule has 0 fully saturated rings. The van der Waals surface area contributed by atoms with Gasteiger partial charge in [0.15, 0.2) is 0 Å². The van der Waals surface area contributed by atoms with Gasteiger partial charge in [0.2, 0.25) is 0 Å². The number of nitrogens with zero attached hydrogens (tertiary/aromatic N) is 8. The topological polar surface area (TPSA) is 253 Å². The SMILES string of the molecule is O=[N+]([O-])C(=C1[N-]ON=C1OC1=NO[N-]C1=C([N+](=O)[O-])[N+](=O)[O-])[N+](=O)[O-]. The minimum absolute atomic E-state index is 1.04. The highest BCUT2D eigenvalue weighted by Gasteiger charge is 2.37. The first-order chi connectivity index (χ1) is 11.7. The van der Waals surface area contributed by atoms with Gasteiger partial charge in [-0.15, -0.1) is 0 Å². The van der Waals surface area contributed by atoms with Crippen LogP contribution in [0.3, 0.4) is 0 Å². The van der Waals surface area contributed by atoms with E-state index in [0.29, 0.717) is 0 Å². The van der Waals surface area contributed by atoms with E-state index in [4.69, 9.17) is 0 Å². The van der Waals surface area contributed by atoms with E-state index in [1.807, 2.05) is 0 Å². The molecule has 25 heavy (non-hydrogen) atoms. The number of nitro groups is 4. The van der Waals surface area contributed by atoms with Crippen LogP contribution >= 0.6 is 0 Å². The van der Waals surface area contributed by atoms with Gasteiger partial charge < -0.3 is 25.6 Å². The first-order valence-electron chi connectivity index (χ1n) is 5.39. The van der Waals surface area contributed by atoms with Gasteiger partial charge in [0.25, 0.3) is 11.8 Å². The second-order valence-corrected chi connectivity index (χ2v) is 3.61. The zero-order valence-corrected chi connectivity index (χ0v) is 11.1. The fourth-order valence-electron chi connectivity index (χ4n) is 1.34. The second-order valence-electron chi connectivity index (χ2n) is 3.61. The molecular formula is C6N8O11-2. The molecule has 19 heteroatoms. The Morgan fingerprint density at radius 1 is 0.760 bits per heavy atom. The maximum Gasteiger partial charge on any atom is 0.551 e. The molecule has 0 aromatic rings. The van der Waals surface area contributed by atoms with Gasteiger partial charge in [0, 0.05) is 0 Å². The predicted octanol–water partition coefficient (Wildman–Crippen LogP) is -0.287. The number of hydrogen-bond donors (Lipinski definition) is 0. The lowest BCUT2D eigenvalue weighted by atomic mass is 10.4. The molecule has 132 valence electrons. The number of rotatable bonds is 4. The molecule has 0 saturated carbocycles. The van der Waals surface area contributed by atoms with E-state index in [2.05, 4.69) is 35.9 Å². The molecule has 2 heterocycles. The highest BCUT2D eigenvalue weighted by molar-refractivity contribution is 6.09. The summed E-state index contributed by atoms with van der Waals surface area (Å²) in [5.74, 6) is -5.48. The quantitative estimate of drug-likeness (QED) is 0.464. The Balaban J connectivity index is 2.42. The van der Waals surface area contributed by atoms with Crippen LogP contribution in [0.25, 0.3) is 11.0 Å². The summed E-state index contributed by atoms with van der Waals surface area (Å²) in [5.41, 5.74) is 3.56. The van der Waals surface area contributed by atoms with Gasteiger partial charge >= 0.3 is 11.6 Å². The van der Waals surface area contributed by atoms with Gasteiger partial charge in [-0.2, -0.15) is 0 Å². The lowest BCUT2D eigenvalue weighted by Gasteiger charge is -2.10. The van der Waals surface area contributed by atoms with Gasteiger partial charge in [-0.1, -0.05) is 10.3 Å². The lowest BCUT2D eigenvalue weighted by Crippen LogP contribution is -2.21. The zero-order valence-electron chi connectivity index (χ0n) is 11.1. The van der Waals surface area contributed by atoms with Crippen molar-refractivity contribution in [1.29, 1.82) is 0 Å². The van der Waals surface area contributed by atoms with E-state index in [0.717, 1.165) is 0 Å². The molecule has 0 unspecified atom stereocenters. The van der Waals surface area contributed by atoms with E-state index < -0.39 is 54.5 Å². The third kappa shape index (κ3) is 3.13. The van der Waals surface area contributed by atoms with Crippen molar-refractivity contribution in [2.45, 2.75) is 0 Å². The number of hydroxylamine groups is 2. The van der Waals surface area contributed by atoms with Crippen LogP contribution in [0.1, 0.15) is 0 Å². The molecular weight excluding hydrogens is 360 g/mol. The monoisotopic (exact) mass is 360 g/mol. The minimum Gasteiger partial charge on any atom is -0.464 e. The average Bonchev–Trinajstić information content (AvgIpc) is 3.09. The molecule has 19 nitrogen and oxygen atoms in total. The van der Waals surface area contributed by atoms with Gasteiger partial charge in [-0.05, 0) is 0 Å². The lowest BCUT2D eigenvalue weighted by molar-refractivity contribution is -0.616. The third-order valence-corrected chi connectivity index (χ3v) is 2.23. The molecule has 0 saturated heterocycles. The molecule has 2 aliphatic heterocycles. The summed E-state index contributed by atoms with van der Waals surface area (Å²) >= 11 is 0. The van der Waals surface area contributed by atoms with Crippen molar-refractivity contribution in [2.24, 2.45) is 10.3 Å². The molecule has 2 rings (SSSR count). The van der Waals surface area contributed by atoms with Crippen LogP contribution in [0, 0.1) is 40.5 Å². The Kier molecular flexibility index (Phi) is 4.21. The summed E-state index contributed by atoms with van der Waals surface area (Å²) in [5, 5.41) is 48.7. The number of oxime groups is 2. The first kappa shape index (κ1) is 16.8. The molecule has 0 atom stereocenters. The number of ether oxygens (including phenoxy) is 1. The van der Waals surface area contributed by atoms with Crippen LogP contribution in [0.2, 0.25) is 0 Å². The fourth-order valence-corrected chi connectivity index (χ4v) is 1.34. The molecule has 0 spiro atoms. The highest BCUT2D eigenvalue weighted by atomic mass is 16.8. The Morgan fingerprint density at radius 3 is 1.36 bits per heavy atom. The van der Waals surface area contributed by atoms with Crippen molar-refractivity contribution in [3.8, 4) is 0 Å². The second kappa shape index (κ2) is 6.27. The van der Waals surface area contributed by atoms with E-state index in [1.165, 1.54) is 0 Å². The Labute approximate surface area is 132 Å². The van der Waals surface area contributed by atoms with Crippen molar-refractivity contribution < 1.29 is 34.3 Å². The van der Waals surface area contributed by atoms with Crippen LogP contribution in [0.4, 0.5) is 0 Å². The molecule has 0 aromatic heterocycles. The molecule has 0 aromatic carbocycles. The normalized spacial score (nSPS) is 14.9. The van der Waals surface area contributed by atoms with Crippen molar-refractivity contribution in [2.75, 3.05) is 0 Å². The van der Waals surface area contributed by atoms with Gasteiger partial charge in [0.05, 0.1) is 0 Å². The highest BCUT2D eigenvalue weighted by Crippen LogP contribution is 2.28. The zero-order chi connectivity index (χ0) is 18.7. The molecule has 0 radical (unpaired) electrons. The maximum atomic E-state index is 10.7. The van der Waals surface area contributed by atoms with Crippen LogP contribution in [-0.2, 0) is 14.6 Å². The number of hydrogen-bond acceptors (Lipinski definition) is 13. The standard InChI is InChI=1S/C6N8O11/c15-11(16)5(12(17)18)1-3(9-24-7-1)23-4-2(8-25-10-4)6(13(19)20)14(21)22/q-2. The van der Waals surface area contributed by atoms with Crippen molar-refractivity contribution >= 4 is 11.8 Å². The first-order valence-corrected chi connectivity index (χ1v) is 5.39. The summed E-state index contributed by atoms with van der Waals surface area (Å²) in [7, 11) is 0. The largest absolute Gasteiger partial charge is 0.551 e. The molecule has 0 N–H and O–H groups in total. The van der Waals surface area contributed by atoms with Crippen LogP contribution < -0.4 is 0 Å². The van der Waals surface area contributed by atoms with Gasteiger partial charge in [-0.25, -0.2) is 0 Å². The molecule has 0 bridgehead atoms. The van der Waals surface area contributed by atoms with Crippen molar-refractivity contribution in [3.05, 3.63) is 74.5 Å².